The lowest BCUT2D eigenvalue weighted by Crippen LogP contribution is -2.39. The lowest BCUT2D eigenvalue weighted by Gasteiger charge is -2.21. The van der Waals surface area contributed by atoms with Gasteiger partial charge in [0.1, 0.15) is 0 Å². The van der Waals surface area contributed by atoms with E-state index in [0.717, 1.165) is 4.88 Å². The largest absolute Gasteiger partial charge is 0.493 e. The molecule has 0 spiro atoms. The maximum atomic E-state index is 12.4. The number of hydrogen-bond donors (Lipinski definition) is 2. The number of ether oxygens (including phenoxy) is 2. The van der Waals surface area contributed by atoms with Gasteiger partial charge in [-0.1, -0.05) is 26.0 Å². The van der Waals surface area contributed by atoms with Crippen molar-refractivity contribution >= 4 is 17.4 Å². The second-order valence-corrected chi connectivity index (χ2v) is 6.91. The van der Waals surface area contributed by atoms with Crippen molar-refractivity contribution in [2.45, 2.75) is 33.0 Å². The molecule has 0 saturated carbocycles. The minimum Gasteiger partial charge on any atom is -0.493 e. The number of carbonyl (C=O) groups is 1. The normalized spacial score (nSPS) is 12.1. The van der Waals surface area contributed by atoms with E-state index in [4.69, 9.17) is 4.74 Å². The lowest BCUT2D eigenvalue weighted by atomic mass is 10.0. The monoisotopic (exact) mass is 384 g/mol. The molecule has 0 aliphatic carbocycles. The fourth-order valence-corrected chi connectivity index (χ4v) is 3.37. The van der Waals surface area contributed by atoms with Crippen molar-refractivity contribution in [1.29, 1.82) is 0 Å². The molecule has 0 aliphatic rings. The fraction of sp³-hybridized carbons (Fsp3) is 0.389. The standard InChI is InChI=1S/C18H22F2N2O3S/c1-11(2)16(15-5-4-8-26-15)22-18(23)21-10-12-6-7-13(25-17(19)20)14(9-12)24-3/h4-9,11,16-17H,10H2,1-3H3,(H2,21,22,23). The van der Waals surface area contributed by atoms with Gasteiger partial charge in [0.25, 0.3) is 0 Å². The average Bonchev–Trinajstić information content (AvgIpc) is 3.12. The summed E-state index contributed by atoms with van der Waals surface area (Å²) < 4.78 is 34.1. The summed E-state index contributed by atoms with van der Waals surface area (Å²) >= 11 is 1.59. The second-order valence-electron chi connectivity index (χ2n) is 5.93. The Morgan fingerprint density at radius 3 is 2.58 bits per heavy atom. The Bertz CT molecular complexity index is 708. The molecule has 1 atom stereocenters. The van der Waals surface area contributed by atoms with Gasteiger partial charge in [0.15, 0.2) is 11.5 Å². The number of benzene rings is 1. The number of nitrogens with one attached hydrogen (secondary N) is 2. The van der Waals surface area contributed by atoms with E-state index in [9.17, 15) is 13.6 Å². The van der Waals surface area contributed by atoms with E-state index in [-0.39, 0.29) is 36.0 Å². The number of carbonyl (C=O) groups excluding carboxylic acids is 1. The van der Waals surface area contributed by atoms with Gasteiger partial charge in [-0.3, -0.25) is 0 Å². The SMILES string of the molecule is COc1cc(CNC(=O)NC(c2cccs2)C(C)C)ccc1OC(F)F. The van der Waals surface area contributed by atoms with E-state index in [1.54, 1.807) is 23.5 Å². The average molecular weight is 384 g/mol. The Morgan fingerprint density at radius 2 is 2.00 bits per heavy atom. The molecular weight excluding hydrogens is 362 g/mol. The highest BCUT2D eigenvalue weighted by Crippen LogP contribution is 2.29. The molecule has 8 heteroatoms. The van der Waals surface area contributed by atoms with Crippen LogP contribution in [0.25, 0.3) is 0 Å². The van der Waals surface area contributed by atoms with E-state index < -0.39 is 6.61 Å². The zero-order chi connectivity index (χ0) is 19.1. The molecule has 0 radical (unpaired) electrons. The van der Waals surface area contributed by atoms with Crippen LogP contribution in [0.1, 0.15) is 30.3 Å². The Kier molecular flexibility index (Phi) is 7.20. The Labute approximate surface area is 155 Å². The van der Waals surface area contributed by atoms with Crippen LogP contribution in [0.15, 0.2) is 35.7 Å². The van der Waals surface area contributed by atoms with Crippen LogP contribution in [-0.4, -0.2) is 19.8 Å². The molecule has 2 aromatic rings. The molecule has 2 amide bonds. The molecule has 0 bridgehead atoms. The molecule has 1 aromatic heterocycles. The molecule has 142 valence electrons. The summed E-state index contributed by atoms with van der Waals surface area (Å²) in [6.07, 6.45) is 0. The summed E-state index contributed by atoms with van der Waals surface area (Å²) in [4.78, 5) is 13.3. The van der Waals surface area contributed by atoms with Crippen LogP contribution in [0.5, 0.6) is 11.5 Å². The van der Waals surface area contributed by atoms with Gasteiger partial charge in [-0.25, -0.2) is 4.79 Å². The Morgan fingerprint density at radius 1 is 1.23 bits per heavy atom. The minimum absolute atomic E-state index is 0.0479. The van der Waals surface area contributed by atoms with Crippen molar-refractivity contribution in [3.63, 3.8) is 0 Å². The molecule has 5 nitrogen and oxygen atoms in total. The minimum atomic E-state index is -2.93. The number of halogens is 2. The number of thiophene rings is 1. The number of urea groups is 1. The van der Waals surface area contributed by atoms with Gasteiger partial charge < -0.3 is 20.1 Å². The van der Waals surface area contributed by atoms with Crippen molar-refractivity contribution in [1.82, 2.24) is 10.6 Å². The molecular formula is C18H22F2N2O3S. The van der Waals surface area contributed by atoms with Gasteiger partial charge in [-0.15, -0.1) is 11.3 Å². The van der Waals surface area contributed by atoms with Gasteiger partial charge in [-0.05, 0) is 35.1 Å². The van der Waals surface area contributed by atoms with Crippen LogP contribution in [0.3, 0.4) is 0 Å². The van der Waals surface area contributed by atoms with Gasteiger partial charge in [0.05, 0.1) is 13.2 Å². The summed E-state index contributed by atoms with van der Waals surface area (Å²) in [5.41, 5.74) is 0.704. The molecule has 26 heavy (non-hydrogen) atoms. The maximum absolute atomic E-state index is 12.4. The highest BCUT2D eigenvalue weighted by molar-refractivity contribution is 7.10. The molecule has 0 saturated heterocycles. The number of alkyl halides is 2. The number of amides is 2. The van der Waals surface area contributed by atoms with E-state index in [1.807, 2.05) is 31.4 Å². The van der Waals surface area contributed by atoms with Gasteiger partial charge >= 0.3 is 12.6 Å². The third-order valence-corrected chi connectivity index (χ3v) is 4.66. The predicted molar refractivity (Wildman–Crippen MR) is 96.9 cm³/mol. The fourth-order valence-electron chi connectivity index (χ4n) is 2.42. The van der Waals surface area contributed by atoms with Crippen LogP contribution in [-0.2, 0) is 6.54 Å². The van der Waals surface area contributed by atoms with Crippen LogP contribution in [0.2, 0.25) is 0 Å². The quantitative estimate of drug-likeness (QED) is 0.702. The summed E-state index contributed by atoms with van der Waals surface area (Å²) in [6, 6.07) is 8.10. The molecule has 1 aromatic carbocycles. The van der Waals surface area contributed by atoms with Gasteiger partial charge in [0, 0.05) is 11.4 Å². The summed E-state index contributed by atoms with van der Waals surface area (Å²) in [5, 5.41) is 7.70. The van der Waals surface area contributed by atoms with Crippen molar-refractivity contribution < 1.29 is 23.0 Å². The van der Waals surface area contributed by atoms with E-state index in [2.05, 4.69) is 15.4 Å². The first-order chi connectivity index (χ1) is 12.4. The number of methoxy groups -OCH3 is 1. The van der Waals surface area contributed by atoms with Crippen LogP contribution in [0, 0.1) is 5.92 Å². The van der Waals surface area contributed by atoms with Gasteiger partial charge in [-0.2, -0.15) is 8.78 Å². The number of hydrogen-bond acceptors (Lipinski definition) is 4. The molecule has 1 unspecified atom stereocenters. The van der Waals surface area contributed by atoms with E-state index in [1.165, 1.54) is 13.2 Å². The molecule has 1 heterocycles. The van der Waals surface area contributed by atoms with Crippen molar-refractivity contribution in [3.8, 4) is 11.5 Å². The van der Waals surface area contributed by atoms with Crippen molar-refractivity contribution in [2.75, 3.05) is 7.11 Å². The number of rotatable bonds is 8. The first kappa shape index (κ1) is 20.0. The Balaban J connectivity index is 1.96. The third-order valence-electron chi connectivity index (χ3n) is 3.70. The third kappa shape index (κ3) is 5.59. The highest BCUT2D eigenvalue weighted by Gasteiger charge is 2.19. The van der Waals surface area contributed by atoms with Crippen molar-refractivity contribution in [3.05, 3.63) is 46.2 Å². The van der Waals surface area contributed by atoms with Crippen molar-refractivity contribution in [2.24, 2.45) is 5.92 Å². The highest BCUT2D eigenvalue weighted by atomic mass is 32.1. The lowest BCUT2D eigenvalue weighted by molar-refractivity contribution is -0.0512. The zero-order valence-corrected chi connectivity index (χ0v) is 15.6. The van der Waals surface area contributed by atoms with Gasteiger partial charge in [0.2, 0.25) is 0 Å². The smallest absolute Gasteiger partial charge is 0.387 e. The van der Waals surface area contributed by atoms with Crippen LogP contribution >= 0.6 is 11.3 Å². The summed E-state index contributed by atoms with van der Waals surface area (Å²) in [6.45, 7) is 1.38. The summed E-state index contributed by atoms with van der Waals surface area (Å²) in [7, 11) is 1.37. The topological polar surface area (TPSA) is 59.6 Å². The van der Waals surface area contributed by atoms with Crippen LogP contribution in [0.4, 0.5) is 13.6 Å². The maximum Gasteiger partial charge on any atom is 0.387 e. The first-order valence-electron chi connectivity index (χ1n) is 8.10. The zero-order valence-electron chi connectivity index (χ0n) is 14.8. The second kappa shape index (κ2) is 9.38. The molecule has 0 aliphatic heterocycles. The predicted octanol–water partition coefficient (Wildman–Crippen LogP) is 4.55. The molecule has 0 fully saturated rings. The first-order valence-corrected chi connectivity index (χ1v) is 8.98. The molecule has 2 rings (SSSR count). The van der Waals surface area contributed by atoms with Crippen LogP contribution < -0.4 is 20.1 Å². The Hall–Kier alpha value is -2.35. The molecule has 2 N–H and O–H groups in total. The summed E-state index contributed by atoms with van der Waals surface area (Å²) in [5.74, 6) is 0.377. The van der Waals surface area contributed by atoms with E-state index >= 15 is 0 Å². The van der Waals surface area contributed by atoms with E-state index in [0.29, 0.717) is 5.56 Å².